The molecule has 0 saturated carbocycles. The summed E-state index contributed by atoms with van der Waals surface area (Å²) in [5.41, 5.74) is 2.07. The molecule has 108 valence electrons. The number of anilines is 1. The Morgan fingerprint density at radius 2 is 1.95 bits per heavy atom. The van der Waals surface area contributed by atoms with Crippen molar-refractivity contribution in [3.05, 3.63) is 41.9 Å². The molecule has 0 aliphatic heterocycles. The van der Waals surface area contributed by atoms with Crippen LogP contribution in [-0.2, 0) is 0 Å². The van der Waals surface area contributed by atoms with Gasteiger partial charge in [0.1, 0.15) is 11.6 Å². The second-order valence-electron chi connectivity index (χ2n) is 5.11. The van der Waals surface area contributed by atoms with Crippen LogP contribution in [0, 0.1) is 13.8 Å². The zero-order chi connectivity index (χ0) is 14.8. The number of rotatable bonds is 4. The Labute approximate surface area is 124 Å². The molecule has 21 heavy (non-hydrogen) atoms. The molecule has 1 N–H and O–H groups in total. The van der Waals surface area contributed by atoms with Gasteiger partial charge in [-0.05, 0) is 26.3 Å². The lowest BCUT2D eigenvalue weighted by atomic mass is 10.2. The first kappa shape index (κ1) is 13.5. The molecule has 5 heteroatoms. The molecule has 2 heterocycles. The van der Waals surface area contributed by atoms with Gasteiger partial charge in [0.15, 0.2) is 5.82 Å². The van der Waals surface area contributed by atoms with Gasteiger partial charge in [0.2, 0.25) is 0 Å². The Morgan fingerprint density at radius 3 is 2.76 bits per heavy atom. The third kappa shape index (κ3) is 2.46. The monoisotopic (exact) mass is 281 g/mol. The number of hydrogen-bond acceptors (Lipinski definition) is 4. The number of nitrogens with one attached hydrogen (secondary N) is 1. The number of aromatic nitrogens is 4. The minimum atomic E-state index is 0.744. The normalized spacial score (nSPS) is 11.0. The molecule has 2 aromatic heterocycles. The van der Waals surface area contributed by atoms with Crippen LogP contribution in [0.3, 0.4) is 0 Å². The first-order valence-electron chi connectivity index (χ1n) is 7.23. The molecule has 0 spiro atoms. The van der Waals surface area contributed by atoms with Gasteiger partial charge in [-0.3, -0.25) is 0 Å². The highest BCUT2D eigenvalue weighted by Crippen LogP contribution is 2.22. The first-order chi connectivity index (χ1) is 10.2. The zero-order valence-electron chi connectivity index (χ0n) is 12.6. The number of fused-ring (bicyclic) bond motifs is 1. The van der Waals surface area contributed by atoms with E-state index in [0.717, 1.165) is 46.9 Å². The number of benzene rings is 1. The molecule has 0 amide bonds. The summed E-state index contributed by atoms with van der Waals surface area (Å²) >= 11 is 0. The van der Waals surface area contributed by atoms with E-state index in [0.29, 0.717) is 0 Å². The van der Waals surface area contributed by atoms with E-state index in [9.17, 15) is 0 Å². The van der Waals surface area contributed by atoms with Crippen molar-refractivity contribution >= 4 is 16.7 Å². The molecule has 3 aromatic rings. The van der Waals surface area contributed by atoms with E-state index >= 15 is 0 Å². The molecule has 0 aliphatic rings. The van der Waals surface area contributed by atoms with Gasteiger partial charge in [0, 0.05) is 17.5 Å². The van der Waals surface area contributed by atoms with E-state index in [4.69, 9.17) is 0 Å². The summed E-state index contributed by atoms with van der Waals surface area (Å²) in [6.45, 7) is 6.98. The smallest absolute Gasteiger partial charge is 0.162 e. The standard InChI is InChI=1S/C16H19N5/c1-4-9-17-15-11(2)16(20-12(3)19-15)21-14-8-6-5-7-13(14)10-18-21/h5-8,10H,4,9H2,1-3H3,(H,17,19,20). The third-order valence-electron chi connectivity index (χ3n) is 3.45. The minimum Gasteiger partial charge on any atom is -0.370 e. The topological polar surface area (TPSA) is 55.6 Å². The summed E-state index contributed by atoms with van der Waals surface area (Å²) in [6, 6.07) is 8.14. The number of hydrogen-bond donors (Lipinski definition) is 1. The predicted octanol–water partition coefficient (Wildman–Crippen LogP) is 3.25. The van der Waals surface area contributed by atoms with Gasteiger partial charge >= 0.3 is 0 Å². The van der Waals surface area contributed by atoms with Crippen LogP contribution < -0.4 is 5.32 Å². The van der Waals surface area contributed by atoms with Crippen LogP contribution in [-0.4, -0.2) is 26.3 Å². The molecule has 0 fully saturated rings. The molecule has 0 bridgehead atoms. The van der Waals surface area contributed by atoms with E-state index < -0.39 is 0 Å². The van der Waals surface area contributed by atoms with E-state index in [1.54, 1.807) is 0 Å². The molecular formula is C16H19N5. The van der Waals surface area contributed by atoms with Crippen LogP contribution >= 0.6 is 0 Å². The predicted molar refractivity (Wildman–Crippen MR) is 84.9 cm³/mol. The van der Waals surface area contributed by atoms with Gasteiger partial charge in [-0.1, -0.05) is 25.1 Å². The van der Waals surface area contributed by atoms with Gasteiger partial charge in [-0.25, -0.2) is 14.6 Å². The van der Waals surface area contributed by atoms with Gasteiger partial charge in [-0.15, -0.1) is 0 Å². The van der Waals surface area contributed by atoms with Crippen molar-refractivity contribution in [1.82, 2.24) is 19.7 Å². The Kier molecular flexibility index (Phi) is 3.56. The molecular weight excluding hydrogens is 262 g/mol. The SMILES string of the molecule is CCCNc1nc(C)nc(-n2ncc3ccccc32)c1C. The van der Waals surface area contributed by atoms with Crippen LogP contribution in [0.25, 0.3) is 16.7 Å². The minimum absolute atomic E-state index is 0.744. The summed E-state index contributed by atoms with van der Waals surface area (Å²) in [7, 11) is 0. The van der Waals surface area contributed by atoms with Crippen molar-refractivity contribution in [2.24, 2.45) is 0 Å². The highest BCUT2D eigenvalue weighted by molar-refractivity contribution is 5.80. The van der Waals surface area contributed by atoms with Crippen molar-refractivity contribution in [2.75, 3.05) is 11.9 Å². The maximum Gasteiger partial charge on any atom is 0.162 e. The average molecular weight is 281 g/mol. The summed E-state index contributed by atoms with van der Waals surface area (Å²) in [5, 5.41) is 8.96. The Hall–Kier alpha value is -2.43. The highest BCUT2D eigenvalue weighted by Gasteiger charge is 2.13. The van der Waals surface area contributed by atoms with Crippen LogP contribution in [0.1, 0.15) is 24.7 Å². The van der Waals surface area contributed by atoms with Crippen LogP contribution in [0.5, 0.6) is 0 Å². The van der Waals surface area contributed by atoms with Crippen molar-refractivity contribution in [3.63, 3.8) is 0 Å². The average Bonchev–Trinajstić information content (AvgIpc) is 2.91. The number of aryl methyl sites for hydroxylation is 1. The summed E-state index contributed by atoms with van der Waals surface area (Å²) in [6.07, 6.45) is 2.92. The zero-order valence-corrected chi connectivity index (χ0v) is 12.6. The van der Waals surface area contributed by atoms with E-state index in [-0.39, 0.29) is 0 Å². The van der Waals surface area contributed by atoms with Gasteiger partial charge in [0.05, 0.1) is 11.7 Å². The van der Waals surface area contributed by atoms with Crippen molar-refractivity contribution in [1.29, 1.82) is 0 Å². The molecule has 0 saturated heterocycles. The third-order valence-corrected chi connectivity index (χ3v) is 3.45. The van der Waals surface area contributed by atoms with E-state index in [2.05, 4.69) is 39.4 Å². The van der Waals surface area contributed by atoms with Gasteiger partial charge in [0.25, 0.3) is 0 Å². The maximum atomic E-state index is 4.58. The lowest BCUT2D eigenvalue weighted by Gasteiger charge is -2.13. The Morgan fingerprint density at radius 1 is 1.14 bits per heavy atom. The van der Waals surface area contributed by atoms with Crippen LogP contribution in [0.2, 0.25) is 0 Å². The molecule has 0 radical (unpaired) electrons. The molecule has 0 unspecified atom stereocenters. The molecule has 1 aromatic carbocycles. The summed E-state index contributed by atoms with van der Waals surface area (Å²) in [5.74, 6) is 2.47. The first-order valence-corrected chi connectivity index (χ1v) is 7.23. The van der Waals surface area contributed by atoms with E-state index in [1.807, 2.05) is 36.9 Å². The lowest BCUT2D eigenvalue weighted by Crippen LogP contribution is -2.11. The Bertz CT molecular complexity index is 775. The highest BCUT2D eigenvalue weighted by atomic mass is 15.3. The second kappa shape index (κ2) is 5.52. The van der Waals surface area contributed by atoms with Crippen LogP contribution in [0.4, 0.5) is 5.82 Å². The van der Waals surface area contributed by atoms with Crippen molar-refractivity contribution in [3.8, 4) is 5.82 Å². The van der Waals surface area contributed by atoms with Gasteiger partial charge in [-0.2, -0.15) is 5.10 Å². The molecule has 0 aliphatic carbocycles. The quantitative estimate of drug-likeness (QED) is 0.797. The van der Waals surface area contributed by atoms with Crippen LogP contribution in [0.15, 0.2) is 30.5 Å². The fourth-order valence-corrected chi connectivity index (χ4v) is 2.38. The number of nitrogens with zero attached hydrogens (tertiary/aromatic N) is 4. The molecule has 5 nitrogen and oxygen atoms in total. The lowest BCUT2D eigenvalue weighted by molar-refractivity contribution is 0.837. The largest absolute Gasteiger partial charge is 0.370 e. The fraction of sp³-hybridized carbons (Fsp3) is 0.312. The van der Waals surface area contributed by atoms with Crippen molar-refractivity contribution < 1.29 is 0 Å². The Balaban J connectivity index is 2.15. The maximum absolute atomic E-state index is 4.58. The summed E-state index contributed by atoms with van der Waals surface area (Å²) < 4.78 is 1.89. The fourth-order valence-electron chi connectivity index (χ4n) is 2.38. The second-order valence-corrected chi connectivity index (χ2v) is 5.11. The van der Waals surface area contributed by atoms with E-state index in [1.165, 1.54) is 0 Å². The summed E-state index contributed by atoms with van der Waals surface area (Å²) in [4.78, 5) is 9.08. The van der Waals surface area contributed by atoms with Crippen molar-refractivity contribution in [2.45, 2.75) is 27.2 Å². The molecule has 3 rings (SSSR count). The molecule has 0 atom stereocenters. The number of para-hydroxylation sites is 1. The van der Waals surface area contributed by atoms with Gasteiger partial charge < -0.3 is 5.32 Å².